The third-order valence-electron chi connectivity index (χ3n) is 1.39. The molecule has 3 heteroatoms. The zero-order valence-corrected chi connectivity index (χ0v) is 8.78. The highest BCUT2D eigenvalue weighted by atomic mass is 15.4. The van der Waals surface area contributed by atoms with E-state index in [2.05, 4.69) is 16.9 Å². The molecule has 0 aliphatic carbocycles. The maximum absolute atomic E-state index is 3.81. The minimum Gasteiger partial charge on any atom is -0.248 e. The van der Waals surface area contributed by atoms with Gasteiger partial charge < -0.3 is 0 Å². The summed E-state index contributed by atoms with van der Waals surface area (Å²) in [6.07, 6.45) is 5.82. The van der Waals surface area contributed by atoms with E-state index in [-0.39, 0.29) is 0 Å². The molecule has 0 aromatic carbocycles. The van der Waals surface area contributed by atoms with Gasteiger partial charge in [0.05, 0.1) is 5.35 Å². The van der Waals surface area contributed by atoms with Crippen molar-refractivity contribution in [1.82, 2.24) is 15.0 Å². The van der Waals surface area contributed by atoms with Gasteiger partial charge in [0, 0.05) is 7.05 Å². The fraction of sp³-hybridized carbons (Fsp3) is 0.400. The maximum atomic E-state index is 3.81. The third kappa shape index (κ3) is 3.23. The molecule has 13 heavy (non-hydrogen) atoms. The molecule has 0 N–H and O–H groups in total. The first-order chi connectivity index (χ1) is 6.25. The molecule has 0 aliphatic heterocycles. The van der Waals surface area contributed by atoms with E-state index in [0.717, 1.165) is 5.35 Å². The molecule has 1 heterocycles. The number of aromatic nitrogens is 3. The van der Waals surface area contributed by atoms with E-state index in [1.54, 1.807) is 4.68 Å². The van der Waals surface area contributed by atoms with Crippen molar-refractivity contribution in [3.8, 4) is 0 Å². The first-order valence-electron chi connectivity index (χ1n) is 4.43. The molecule has 1 aromatic rings. The summed E-state index contributed by atoms with van der Waals surface area (Å²) in [4.78, 5) is 0. The van der Waals surface area contributed by atoms with Gasteiger partial charge in [-0.05, 0) is 13.0 Å². The van der Waals surface area contributed by atoms with E-state index in [4.69, 9.17) is 0 Å². The SMILES string of the molecule is C=c1nnn(C)/c1=C/C=C\C.CC. The summed E-state index contributed by atoms with van der Waals surface area (Å²) in [7, 11) is 1.84. The average Bonchev–Trinajstić information content (AvgIpc) is 2.47. The number of allylic oxidation sites excluding steroid dienone is 2. The van der Waals surface area contributed by atoms with Crippen LogP contribution >= 0.6 is 0 Å². The van der Waals surface area contributed by atoms with Gasteiger partial charge in [-0.1, -0.05) is 37.8 Å². The predicted molar refractivity (Wildman–Crippen MR) is 56.4 cm³/mol. The molecule has 0 saturated heterocycles. The lowest BCUT2D eigenvalue weighted by molar-refractivity contribution is 0.698. The number of hydrogen-bond acceptors (Lipinski definition) is 2. The number of aryl methyl sites for hydroxylation is 1. The maximum Gasteiger partial charge on any atom is 0.106 e. The molecular weight excluding hydrogens is 162 g/mol. The van der Waals surface area contributed by atoms with E-state index < -0.39 is 0 Å². The van der Waals surface area contributed by atoms with Crippen LogP contribution < -0.4 is 10.7 Å². The number of nitrogens with zero attached hydrogens (tertiary/aromatic N) is 3. The lowest BCUT2D eigenvalue weighted by Gasteiger charge is -1.82. The Morgan fingerprint density at radius 1 is 1.38 bits per heavy atom. The fourth-order valence-corrected chi connectivity index (χ4v) is 0.799. The van der Waals surface area contributed by atoms with Crippen LogP contribution in [0.4, 0.5) is 0 Å². The minimum atomic E-state index is 0.714. The largest absolute Gasteiger partial charge is 0.248 e. The predicted octanol–water partition coefficient (Wildman–Crippen LogP) is 0.608. The molecule has 0 amide bonds. The number of hydrogen-bond donors (Lipinski definition) is 0. The van der Waals surface area contributed by atoms with Crippen molar-refractivity contribution in [3.05, 3.63) is 22.9 Å². The van der Waals surface area contributed by atoms with Gasteiger partial charge >= 0.3 is 0 Å². The van der Waals surface area contributed by atoms with E-state index in [1.165, 1.54) is 0 Å². The summed E-state index contributed by atoms with van der Waals surface area (Å²) >= 11 is 0. The Labute approximate surface area is 79.1 Å². The molecule has 0 aliphatic rings. The Hall–Kier alpha value is -1.38. The van der Waals surface area contributed by atoms with Crippen LogP contribution in [0.25, 0.3) is 12.7 Å². The van der Waals surface area contributed by atoms with Crippen molar-refractivity contribution < 1.29 is 0 Å². The van der Waals surface area contributed by atoms with Gasteiger partial charge in [0.25, 0.3) is 0 Å². The van der Waals surface area contributed by atoms with Crippen LogP contribution in [0.5, 0.6) is 0 Å². The van der Waals surface area contributed by atoms with E-state index in [1.807, 2.05) is 46.0 Å². The fourth-order valence-electron chi connectivity index (χ4n) is 0.799. The minimum absolute atomic E-state index is 0.714. The van der Waals surface area contributed by atoms with Crippen molar-refractivity contribution in [2.24, 2.45) is 7.05 Å². The zero-order valence-electron chi connectivity index (χ0n) is 8.78. The highest BCUT2D eigenvalue weighted by Crippen LogP contribution is 1.69. The quantitative estimate of drug-likeness (QED) is 0.632. The van der Waals surface area contributed by atoms with Gasteiger partial charge in [-0.15, -0.1) is 5.10 Å². The molecule has 0 radical (unpaired) electrons. The second kappa shape index (κ2) is 6.17. The summed E-state index contributed by atoms with van der Waals surface area (Å²) in [5, 5.41) is 9.27. The molecule has 0 bridgehead atoms. The highest BCUT2D eigenvalue weighted by molar-refractivity contribution is 5.33. The van der Waals surface area contributed by atoms with Crippen molar-refractivity contribution in [2.75, 3.05) is 0 Å². The van der Waals surface area contributed by atoms with Gasteiger partial charge in [0.15, 0.2) is 0 Å². The van der Waals surface area contributed by atoms with Crippen molar-refractivity contribution in [2.45, 2.75) is 20.8 Å². The smallest absolute Gasteiger partial charge is 0.106 e. The summed E-state index contributed by atoms with van der Waals surface area (Å²) in [5.74, 6) is 0. The Kier molecular flexibility index (Phi) is 5.52. The molecule has 0 spiro atoms. The third-order valence-corrected chi connectivity index (χ3v) is 1.39. The van der Waals surface area contributed by atoms with Gasteiger partial charge in [-0.2, -0.15) is 0 Å². The summed E-state index contributed by atoms with van der Waals surface area (Å²) in [5.41, 5.74) is 0. The van der Waals surface area contributed by atoms with Crippen LogP contribution in [0.15, 0.2) is 12.2 Å². The Bertz CT molecular complexity index is 360. The molecule has 0 atom stereocenters. The first-order valence-corrected chi connectivity index (χ1v) is 4.43. The highest BCUT2D eigenvalue weighted by Gasteiger charge is 1.87. The van der Waals surface area contributed by atoms with Crippen LogP contribution in [0.3, 0.4) is 0 Å². The Morgan fingerprint density at radius 2 is 2.00 bits per heavy atom. The monoisotopic (exact) mass is 179 g/mol. The Morgan fingerprint density at radius 3 is 2.38 bits per heavy atom. The summed E-state index contributed by atoms with van der Waals surface area (Å²) < 4.78 is 1.70. The van der Waals surface area contributed by atoms with E-state index >= 15 is 0 Å². The average molecular weight is 179 g/mol. The molecule has 0 fully saturated rings. The standard InChI is InChI=1S/C8H11N3.C2H6/c1-4-5-6-8-7(2)9-10-11(8)3;1-2/h4-6H,2H2,1,3H3;1-2H3/b5-4-,8-6+;. The van der Waals surface area contributed by atoms with Gasteiger partial charge in [0.1, 0.15) is 5.35 Å². The second-order valence-electron chi connectivity index (χ2n) is 2.24. The Balaban J connectivity index is 0.000000671. The van der Waals surface area contributed by atoms with Gasteiger partial charge in [-0.3, -0.25) is 0 Å². The topological polar surface area (TPSA) is 30.7 Å². The van der Waals surface area contributed by atoms with Crippen molar-refractivity contribution in [1.29, 1.82) is 0 Å². The van der Waals surface area contributed by atoms with Crippen LogP contribution in [0, 0.1) is 0 Å². The van der Waals surface area contributed by atoms with Crippen LogP contribution in [0.2, 0.25) is 0 Å². The molecular formula is C10H17N3. The summed E-state index contributed by atoms with van der Waals surface area (Å²) in [6, 6.07) is 0. The molecule has 0 saturated carbocycles. The van der Waals surface area contributed by atoms with Crippen molar-refractivity contribution in [3.63, 3.8) is 0 Å². The molecule has 72 valence electrons. The molecule has 3 nitrogen and oxygen atoms in total. The molecule has 0 unspecified atom stereocenters. The number of rotatable bonds is 1. The normalized spacial score (nSPS) is 11.5. The lowest BCUT2D eigenvalue weighted by atomic mass is 10.4. The van der Waals surface area contributed by atoms with Crippen LogP contribution in [-0.4, -0.2) is 15.0 Å². The van der Waals surface area contributed by atoms with E-state index in [9.17, 15) is 0 Å². The van der Waals surface area contributed by atoms with Crippen molar-refractivity contribution >= 4 is 12.7 Å². The van der Waals surface area contributed by atoms with E-state index in [0.29, 0.717) is 5.35 Å². The zero-order chi connectivity index (χ0) is 10.3. The second-order valence-corrected chi connectivity index (χ2v) is 2.24. The molecule has 1 aromatic heterocycles. The lowest BCUT2D eigenvalue weighted by Crippen LogP contribution is -2.27. The van der Waals surface area contributed by atoms with Crippen LogP contribution in [-0.2, 0) is 7.05 Å². The molecule has 1 rings (SSSR count). The van der Waals surface area contributed by atoms with Gasteiger partial charge in [0.2, 0.25) is 0 Å². The van der Waals surface area contributed by atoms with Crippen LogP contribution in [0.1, 0.15) is 20.8 Å². The first kappa shape index (κ1) is 11.6. The summed E-state index contributed by atoms with van der Waals surface area (Å²) in [6.45, 7) is 9.70. The van der Waals surface area contributed by atoms with Gasteiger partial charge in [-0.25, -0.2) is 4.68 Å².